The number of hydrogen-bond donors (Lipinski definition) is 3. The Hall–Kier alpha value is -3.99. The second kappa shape index (κ2) is 7.61. The number of benzene rings is 1. The summed E-state index contributed by atoms with van der Waals surface area (Å²) in [5.41, 5.74) is 6.41. The molecule has 3 aromatic heterocycles. The second-order valence-electron chi connectivity index (χ2n) is 7.54. The molecule has 4 aromatic rings. The summed E-state index contributed by atoms with van der Waals surface area (Å²) in [5.74, 6) is 5.56. The van der Waals surface area contributed by atoms with E-state index < -0.39 is 5.91 Å². The van der Waals surface area contributed by atoms with Crippen LogP contribution in [0.15, 0.2) is 30.6 Å². The van der Waals surface area contributed by atoms with Crippen LogP contribution in [0.1, 0.15) is 27.3 Å². The summed E-state index contributed by atoms with van der Waals surface area (Å²) in [6, 6.07) is 4.96. The molecule has 0 unspecified atom stereocenters. The zero-order valence-electron chi connectivity index (χ0n) is 17.5. The number of nitrogen functional groups attached to an aromatic ring is 1. The summed E-state index contributed by atoms with van der Waals surface area (Å²) in [6.07, 6.45) is 3.84. The Morgan fingerprint density at radius 1 is 1.38 bits per heavy atom. The number of aryl methyl sites for hydroxylation is 2. The van der Waals surface area contributed by atoms with Gasteiger partial charge in [-0.25, -0.2) is 20.2 Å². The lowest BCUT2D eigenvalue weighted by Gasteiger charge is -2.13. The first-order valence-corrected chi connectivity index (χ1v) is 10.0. The molecule has 5 rings (SSSR count). The lowest BCUT2D eigenvalue weighted by molar-refractivity contribution is 0.0949. The van der Waals surface area contributed by atoms with Crippen LogP contribution in [0.2, 0.25) is 0 Å². The van der Waals surface area contributed by atoms with Crippen molar-refractivity contribution in [3.8, 4) is 17.0 Å². The van der Waals surface area contributed by atoms with Gasteiger partial charge in [-0.2, -0.15) is 5.10 Å². The van der Waals surface area contributed by atoms with Crippen molar-refractivity contribution in [3.05, 3.63) is 58.9 Å². The summed E-state index contributed by atoms with van der Waals surface area (Å²) in [6.45, 7) is 2.62. The van der Waals surface area contributed by atoms with E-state index >= 15 is 0 Å². The van der Waals surface area contributed by atoms with Crippen molar-refractivity contribution in [2.45, 2.75) is 19.9 Å². The monoisotopic (exact) mass is 436 g/mol. The Kier molecular flexibility index (Phi) is 4.74. The number of nitrogens with one attached hydrogen (secondary N) is 2. The molecule has 164 valence electrons. The number of fused-ring (bicyclic) bond motifs is 2. The maximum absolute atomic E-state index is 14.5. The van der Waals surface area contributed by atoms with Gasteiger partial charge in [0.05, 0.1) is 23.6 Å². The molecule has 0 saturated heterocycles. The van der Waals surface area contributed by atoms with Crippen molar-refractivity contribution >= 4 is 17.5 Å². The van der Waals surface area contributed by atoms with Crippen molar-refractivity contribution in [3.63, 3.8) is 0 Å². The number of nitrogens with zero attached hydrogens (tertiary/aromatic N) is 5. The van der Waals surface area contributed by atoms with Gasteiger partial charge in [-0.3, -0.25) is 19.3 Å². The molecule has 0 atom stereocenters. The first-order valence-electron chi connectivity index (χ1n) is 10.0. The number of imidazole rings is 1. The summed E-state index contributed by atoms with van der Waals surface area (Å²) in [7, 11) is 1.82. The molecular formula is C21H21FN8O2. The number of amides is 1. The van der Waals surface area contributed by atoms with Gasteiger partial charge >= 0.3 is 0 Å². The molecule has 11 heteroatoms. The number of carbonyl (C=O) groups is 1. The van der Waals surface area contributed by atoms with E-state index in [1.165, 1.54) is 12.3 Å². The van der Waals surface area contributed by atoms with Gasteiger partial charge in [0.2, 0.25) is 5.95 Å². The van der Waals surface area contributed by atoms with E-state index in [0.717, 1.165) is 17.0 Å². The third-order valence-corrected chi connectivity index (χ3v) is 5.50. The molecule has 1 aliphatic heterocycles. The number of nitrogens with two attached hydrogens (primary N) is 1. The normalized spacial score (nSPS) is 12.6. The fourth-order valence-corrected chi connectivity index (χ4v) is 4.01. The van der Waals surface area contributed by atoms with Crippen LogP contribution in [-0.4, -0.2) is 36.7 Å². The molecule has 0 bridgehead atoms. The van der Waals surface area contributed by atoms with Crippen LogP contribution >= 0.6 is 0 Å². The molecule has 0 aliphatic carbocycles. The van der Waals surface area contributed by atoms with E-state index in [1.807, 2.05) is 20.0 Å². The van der Waals surface area contributed by atoms with E-state index in [0.29, 0.717) is 41.5 Å². The van der Waals surface area contributed by atoms with Crippen LogP contribution < -0.4 is 21.3 Å². The Morgan fingerprint density at radius 2 is 2.22 bits per heavy atom. The van der Waals surface area contributed by atoms with Gasteiger partial charge in [0.15, 0.2) is 5.65 Å². The van der Waals surface area contributed by atoms with Crippen LogP contribution in [0.3, 0.4) is 0 Å². The minimum Gasteiger partial charge on any atom is -0.493 e. The molecule has 1 amide bonds. The first kappa shape index (κ1) is 19.9. The number of hydrogen-bond acceptors (Lipinski definition) is 7. The third kappa shape index (κ3) is 3.23. The van der Waals surface area contributed by atoms with Crippen molar-refractivity contribution in [2.24, 2.45) is 12.9 Å². The molecule has 1 aromatic carbocycles. The predicted octanol–water partition coefficient (Wildman–Crippen LogP) is 1.73. The van der Waals surface area contributed by atoms with E-state index in [9.17, 15) is 9.18 Å². The Bertz CT molecular complexity index is 1360. The van der Waals surface area contributed by atoms with E-state index in [-0.39, 0.29) is 18.1 Å². The smallest absolute Gasteiger partial charge is 0.285 e. The summed E-state index contributed by atoms with van der Waals surface area (Å²) >= 11 is 0. The molecule has 0 fully saturated rings. The van der Waals surface area contributed by atoms with Crippen molar-refractivity contribution < 1.29 is 13.9 Å². The lowest BCUT2D eigenvalue weighted by atomic mass is 10.0. The highest BCUT2D eigenvalue weighted by Crippen LogP contribution is 2.31. The molecule has 0 saturated carbocycles. The number of anilines is 1. The predicted molar refractivity (Wildman–Crippen MR) is 115 cm³/mol. The number of aromatic nitrogens is 5. The van der Waals surface area contributed by atoms with E-state index in [1.54, 1.807) is 21.3 Å². The minimum atomic E-state index is -0.532. The van der Waals surface area contributed by atoms with Gasteiger partial charge < -0.3 is 10.1 Å². The summed E-state index contributed by atoms with van der Waals surface area (Å²) in [5, 5.41) is 7.55. The van der Waals surface area contributed by atoms with Crippen LogP contribution in [-0.2, 0) is 20.0 Å². The average molecular weight is 436 g/mol. The standard InChI is InChI=1S/C21H21FN8O2/c1-11-7-17(29(2)28-11)14-9-25-21(30-10-16(20(31)27-23)26-19(14)30)24-8-13-12-5-6-32-18(12)4-3-15(13)22/h3-4,7,9-10H,5-6,8,23H2,1-2H3,(H,24,25)(H,27,31). The molecule has 0 radical (unpaired) electrons. The second-order valence-corrected chi connectivity index (χ2v) is 7.54. The molecule has 4 heterocycles. The number of halogens is 1. The fraction of sp³-hybridized carbons (Fsp3) is 0.238. The largest absolute Gasteiger partial charge is 0.493 e. The van der Waals surface area contributed by atoms with Crippen molar-refractivity contribution in [1.29, 1.82) is 0 Å². The van der Waals surface area contributed by atoms with Gasteiger partial charge in [-0.05, 0) is 25.1 Å². The summed E-state index contributed by atoms with van der Waals surface area (Å²) < 4.78 is 23.5. The Balaban J connectivity index is 1.58. The van der Waals surface area contributed by atoms with E-state index in [2.05, 4.69) is 25.8 Å². The van der Waals surface area contributed by atoms with Gasteiger partial charge in [0.25, 0.3) is 5.91 Å². The average Bonchev–Trinajstić information content (AvgIpc) is 3.50. The van der Waals surface area contributed by atoms with Crippen LogP contribution in [0.4, 0.5) is 10.3 Å². The maximum Gasteiger partial charge on any atom is 0.285 e. The lowest BCUT2D eigenvalue weighted by Crippen LogP contribution is -2.30. The molecule has 1 aliphatic rings. The van der Waals surface area contributed by atoms with Gasteiger partial charge in [-0.15, -0.1) is 0 Å². The fourth-order valence-electron chi connectivity index (χ4n) is 4.01. The Labute approximate surface area is 182 Å². The number of ether oxygens (including phenoxy) is 1. The molecule has 4 N–H and O–H groups in total. The highest BCUT2D eigenvalue weighted by atomic mass is 19.1. The molecular weight excluding hydrogens is 415 g/mol. The van der Waals surface area contributed by atoms with Crippen LogP contribution in [0.5, 0.6) is 5.75 Å². The zero-order chi connectivity index (χ0) is 22.4. The topological polar surface area (TPSA) is 124 Å². The van der Waals surface area contributed by atoms with E-state index in [4.69, 9.17) is 10.6 Å². The summed E-state index contributed by atoms with van der Waals surface area (Å²) in [4.78, 5) is 21.1. The minimum absolute atomic E-state index is 0.129. The van der Waals surface area contributed by atoms with Gasteiger partial charge in [-0.1, -0.05) is 0 Å². The quantitative estimate of drug-likeness (QED) is 0.247. The zero-order valence-corrected chi connectivity index (χ0v) is 17.5. The maximum atomic E-state index is 14.5. The van der Waals surface area contributed by atoms with Crippen molar-refractivity contribution in [2.75, 3.05) is 11.9 Å². The number of hydrazine groups is 1. The molecule has 10 nitrogen and oxygen atoms in total. The highest BCUT2D eigenvalue weighted by Gasteiger charge is 2.21. The van der Waals surface area contributed by atoms with Crippen LogP contribution in [0.25, 0.3) is 16.9 Å². The Morgan fingerprint density at radius 3 is 2.97 bits per heavy atom. The van der Waals surface area contributed by atoms with Crippen LogP contribution in [0, 0.1) is 12.7 Å². The SMILES string of the molecule is Cc1cc(-c2cnc(NCc3c(F)ccc4c3CCO4)n3cc(C(=O)NN)nc23)n(C)n1. The molecule has 0 spiro atoms. The number of rotatable bonds is 5. The molecule has 32 heavy (non-hydrogen) atoms. The first-order chi connectivity index (χ1) is 15.5. The number of carbonyl (C=O) groups excluding carboxylic acids is 1. The highest BCUT2D eigenvalue weighted by molar-refractivity contribution is 5.93. The van der Waals surface area contributed by atoms with Crippen molar-refractivity contribution in [1.82, 2.24) is 29.6 Å². The van der Waals surface area contributed by atoms with Gasteiger partial charge in [0, 0.05) is 43.5 Å². The van der Waals surface area contributed by atoms with Gasteiger partial charge in [0.1, 0.15) is 17.3 Å². The third-order valence-electron chi connectivity index (χ3n) is 5.50.